The first kappa shape index (κ1) is 30.7. The van der Waals surface area contributed by atoms with E-state index < -0.39 is 0 Å². The maximum absolute atomic E-state index is 11.8. The first-order valence-electron chi connectivity index (χ1n) is 13.9. The van der Waals surface area contributed by atoms with Gasteiger partial charge in [0.25, 0.3) is 0 Å². The molecule has 0 heterocycles. The molecule has 0 radical (unpaired) electrons. The molecule has 0 saturated carbocycles. The second-order valence-electron chi connectivity index (χ2n) is 9.00. The van der Waals surface area contributed by atoms with Gasteiger partial charge in [0.2, 0.25) is 0 Å². The molecule has 0 aliphatic rings. The summed E-state index contributed by atoms with van der Waals surface area (Å²) in [6.45, 7) is 5.05. The fourth-order valence-electron chi connectivity index (χ4n) is 3.74. The lowest BCUT2D eigenvalue weighted by atomic mass is 10.1. The minimum atomic E-state index is 0.00194. The molecule has 0 bridgehead atoms. The Morgan fingerprint density at radius 3 is 1.69 bits per heavy atom. The average Bonchev–Trinajstić information content (AvgIpc) is 2.80. The second-order valence-corrected chi connectivity index (χ2v) is 9.00. The zero-order valence-corrected chi connectivity index (χ0v) is 21.6. The largest absolute Gasteiger partial charge is 0.466 e. The number of allylic oxidation sites excluding steroid dienone is 6. The maximum atomic E-state index is 11.8. The summed E-state index contributed by atoms with van der Waals surface area (Å²) in [5.74, 6) is 0.00194. The first-order chi connectivity index (χ1) is 15.8. The Kier molecular flexibility index (Phi) is 26.6. The summed E-state index contributed by atoms with van der Waals surface area (Å²) in [4.78, 5) is 11.8. The number of carbonyl (C=O) groups is 1. The molecule has 0 saturated heterocycles. The maximum Gasteiger partial charge on any atom is 0.305 e. The quantitative estimate of drug-likeness (QED) is 0.0837. The van der Waals surface area contributed by atoms with Gasteiger partial charge in [0.15, 0.2) is 0 Å². The van der Waals surface area contributed by atoms with Crippen LogP contribution in [0.1, 0.15) is 142 Å². The van der Waals surface area contributed by atoms with E-state index in [0.717, 1.165) is 38.5 Å². The van der Waals surface area contributed by atoms with Crippen molar-refractivity contribution < 1.29 is 9.53 Å². The predicted molar refractivity (Wildman–Crippen MR) is 142 cm³/mol. The minimum absolute atomic E-state index is 0.00194. The van der Waals surface area contributed by atoms with Crippen LogP contribution in [0.3, 0.4) is 0 Å². The van der Waals surface area contributed by atoms with Crippen LogP contribution >= 0.6 is 0 Å². The van der Waals surface area contributed by atoms with E-state index in [1.807, 2.05) is 0 Å². The van der Waals surface area contributed by atoms with Gasteiger partial charge in [-0.3, -0.25) is 4.79 Å². The molecule has 0 aromatic rings. The minimum Gasteiger partial charge on any atom is -0.466 e. The molecule has 0 spiro atoms. The fraction of sp³-hybridized carbons (Fsp3) is 0.767. The lowest BCUT2D eigenvalue weighted by molar-refractivity contribution is -0.143. The van der Waals surface area contributed by atoms with Crippen molar-refractivity contribution in [3.8, 4) is 0 Å². The Morgan fingerprint density at radius 1 is 0.562 bits per heavy atom. The zero-order valence-electron chi connectivity index (χ0n) is 21.6. The Hall–Kier alpha value is -1.31. The van der Waals surface area contributed by atoms with Crippen molar-refractivity contribution in [3.63, 3.8) is 0 Å². The summed E-state index contributed by atoms with van der Waals surface area (Å²) < 4.78 is 5.38. The van der Waals surface area contributed by atoms with Gasteiger partial charge in [0, 0.05) is 6.42 Å². The number of hydrogen-bond donors (Lipinski definition) is 0. The SMILES string of the molecule is CCC=CCC=CCC=CCCCCCCCC(=O)OCCCCCCCCCCCC. The van der Waals surface area contributed by atoms with Gasteiger partial charge in [-0.05, 0) is 44.9 Å². The Balaban J connectivity index is 3.26. The Labute approximate surface area is 201 Å². The van der Waals surface area contributed by atoms with Gasteiger partial charge in [0.1, 0.15) is 0 Å². The summed E-state index contributed by atoms with van der Waals surface area (Å²) in [6, 6.07) is 0. The molecule has 0 atom stereocenters. The summed E-state index contributed by atoms with van der Waals surface area (Å²) in [5.41, 5.74) is 0. The van der Waals surface area contributed by atoms with Gasteiger partial charge in [-0.25, -0.2) is 0 Å². The number of carbonyl (C=O) groups excluding carboxylic acids is 1. The van der Waals surface area contributed by atoms with E-state index in [0.29, 0.717) is 13.0 Å². The van der Waals surface area contributed by atoms with E-state index in [1.54, 1.807) is 0 Å². The molecule has 186 valence electrons. The number of unbranched alkanes of at least 4 members (excludes halogenated alkanes) is 14. The third kappa shape index (κ3) is 26.7. The van der Waals surface area contributed by atoms with Crippen molar-refractivity contribution in [2.24, 2.45) is 0 Å². The van der Waals surface area contributed by atoms with Crippen LogP contribution in [0, 0.1) is 0 Å². The van der Waals surface area contributed by atoms with Crippen LogP contribution in [0.25, 0.3) is 0 Å². The highest BCUT2D eigenvalue weighted by Crippen LogP contribution is 2.11. The van der Waals surface area contributed by atoms with E-state index in [-0.39, 0.29) is 5.97 Å². The van der Waals surface area contributed by atoms with Crippen LogP contribution in [-0.2, 0) is 9.53 Å². The van der Waals surface area contributed by atoms with Gasteiger partial charge >= 0.3 is 5.97 Å². The molecule has 2 heteroatoms. The van der Waals surface area contributed by atoms with Crippen LogP contribution < -0.4 is 0 Å². The van der Waals surface area contributed by atoms with E-state index in [9.17, 15) is 4.79 Å². The number of rotatable bonds is 24. The first-order valence-corrected chi connectivity index (χ1v) is 13.9. The molecule has 32 heavy (non-hydrogen) atoms. The Morgan fingerprint density at radius 2 is 1.06 bits per heavy atom. The monoisotopic (exact) mass is 446 g/mol. The normalized spacial score (nSPS) is 11.9. The van der Waals surface area contributed by atoms with Crippen molar-refractivity contribution in [2.75, 3.05) is 6.61 Å². The standard InChI is InChI=1S/C30H54O2/c1-3-5-7-9-11-13-15-16-17-18-19-20-22-24-26-28-30(31)32-29-27-25-23-21-14-12-10-8-6-4-2/h5,7,11,13,16-17H,3-4,6,8-10,12,14-15,18-29H2,1-2H3. The van der Waals surface area contributed by atoms with Gasteiger partial charge < -0.3 is 4.74 Å². The van der Waals surface area contributed by atoms with E-state index in [4.69, 9.17) is 4.74 Å². The predicted octanol–water partition coefficient (Wildman–Crippen LogP) is 10.0. The summed E-state index contributed by atoms with van der Waals surface area (Å²) in [6.07, 6.45) is 37.4. The van der Waals surface area contributed by atoms with Gasteiger partial charge in [-0.1, -0.05) is 127 Å². The highest BCUT2D eigenvalue weighted by Gasteiger charge is 2.02. The molecule has 0 N–H and O–H groups in total. The lowest BCUT2D eigenvalue weighted by Gasteiger charge is -2.05. The fourth-order valence-corrected chi connectivity index (χ4v) is 3.74. The topological polar surface area (TPSA) is 26.3 Å². The molecule has 0 aromatic carbocycles. The zero-order chi connectivity index (χ0) is 23.4. The highest BCUT2D eigenvalue weighted by atomic mass is 16.5. The second kappa shape index (κ2) is 27.7. The van der Waals surface area contributed by atoms with Gasteiger partial charge in [-0.2, -0.15) is 0 Å². The van der Waals surface area contributed by atoms with Crippen LogP contribution in [0.2, 0.25) is 0 Å². The third-order valence-corrected chi connectivity index (χ3v) is 5.79. The van der Waals surface area contributed by atoms with Crippen molar-refractivity contribution >= 4 is 5.97 Å². The van der Waals surface area contributed by atoms with Crippen LogP contribution in [0.5, 0.6) is 0 Å². The Bertz CT molecular complexity index is 461. The molecule has 0 amide bonds. The average molecular weight is 447 g/mol. The number of esters is 1. The number of ether oxygens (including phenoxy) is 1. The van der Waals surface area contributed by atoms with E-state index >= 15 is 0 Å². The van der Waals surface area contributed by atoms with Gasteiger partial charge in [-0.15, -0.1) is 0 Å². The molecular formula is C30H54O2. The number of hydrogen-bond acceptors (Lipinski definition) is 2. The van der Waals surface area contributed by atoms with Gasteiger partial charge in [0.05, 0.1) is 6.61 Å². The third-order valence-electron chi connectivity index (χ3n) is 5.79. The van der Waals surface area contributed by atoms with Crippen molar-refractivity contribution in [2.45, 2.75) is 142 Å². The molecule has 0 rings (SSSR count). The van der Waals surface area contributed by atoms with Crippen molar-refractivity contribution in [1.29, 1.82) is 0 Å². The molecule has 0 aliphatic heterocycles. The van der Waals surface area contributed by atoms with Crippen LogP contribution in [0.15, 0.2) is 36.5 Å². The molecule has 0 unspecified atom stereocenters. The smallest absolute Gasteiger partial charge is 0.305 e. The summed E-state index contributed by atoms with van der Waals surface area (Å²) >= 11 is 0. The molecule has 0 aromatic heterocycles. The lowest BCUT2D eigenvalue weighted by Crippen LogP contribution is -2.05. The van der Waals surface area contributed by atoms with Crippen molar-refractivity contribution in [1.82, 2.24) is 0 Å². The molecule has 0 fully saturated rings. The van der Waals surface area contributed by atoms with E-state index in [2.05, 4.69) is 50.3 Å². The van der Waals surface area contributed by atoms with Crippen LogP contribution in [-0.4, -0.2) is 12.6 Å². The molecule has 2 nitrogen and oxygen atoms in total. The van der Waals surface area contributed by atoms with Crippen LogP contribution in [0.4, 0.5) is 0 Å². The van der Waals surface area contributed by atoms with E-state index in [1.165, 1.54) is 83.5 Å². The van der Waals surface area contributed by atoms with Crippen molar-refractivity contribution in [3.05, 3.63) is 36.5 Å². The highest BCUT2D eigenvalue weighted by molar-refractivity contribution is 5.69. The summed E-state index contributed by atoms with van der Waals surface area (Å²) in [5, 5.41) is 0. The molecular weight excluding hydrogens is 392 g/mol. The summed E-state index contributed by atoms with van der Waals surface area (Å²) in [7, 11) is 0. The molecule has 0 aliphatic carbocycles.